The van der Waals surface area contributed by atoms with Gasteiger partial charge in [0.2, 0.25) is 0 Å². The molecule has 0 aromatic heterocycles. The van der Waals surface area contributed by atoms with Crippen molar-refractivity contribution in [3.63, 3.8) is 0 Å². The lowest BCUT2D eigenvalue weighted by Crippen LogP contribution is -2.25. The first-order valence-electron chi connectivity index (χ1n) is 9.90. The van der Waals surface area contributed by atoms with Gasteiger partial charge in [0.15, 0.2) is 0 Å². The second-order valence-corrected chi connectivity index (χ2v) is 6.08. The number of unbranched alkanes of at least 4 members (excludes halogenated alkanes) is 1. The van der Waals surface area contributed by atoms with Crippen LogP contribution in [0.1, 0.15) is 58.3 Å². The minimum atomic E-state index is -0.800. The lowest BCUT2D eigenvalue weighted by atomic mass is 10.2. The molecule has 152 valence electrons. The Labute approximate surface area is 164 Å². The number of carbonyl (C=O) groups excluding carboxylic acids is 1. The third-order valence-electron chi connectivity index (χ3n) is 3.61. The fourth-order valence-electron chi connectivity index (χ4n) is 2.11. The van der Waals surface area contributed by atoms with Crippen LogP contribution in [0.3, 0.4) is 0 Å². The smallest absolute Gasteiger partial charge is 0.306 e. The zero-order valence-electron chi connectivity index (χ0n) is 16.6. The molecule has 0 amide bonds. The standard InChI is InChI=1S/C23H36O4/c1-2-3-4-5-6-7-8-9-10-11-12-13-14-15-16-17-18-19-23(26)27-22(20-24)21-25/h3-4,6-7,9-10,12-13,15-16,22,24-25H,2,5,8,11,14,17-21H2,1H3. The van der Waals surface area contributed by atoms with Gasteiger partial charge >= 0.3 is 5.97 Å². The van der Waals surface area contributed by atoms with Gasteiger partial charge in [-0.25, -0.2) is 0 Å². The van der Waals surface area contributed by atoms with E-state index in [0.29, 0.717) is 12.8 Å². The predicted molar refractivity (Wildman–Crippen MR) is 112 cm³/mol. The number of allylic oxidation sites excluding steroid dienone is 10. The number of esters is 1. The van der Waals surface area contributed by atoms with Crippen LogP contribution in [0.25, 0.3) is 0 Å². The molecule has 0 aliphatic heterocycles. The summed E-state index contributed by atoms with van der Waals surface area (Å²) in [5, 5.41) is 17.7. The van der Waals surface area contributed by atoms with E-state index in [1.165, 1.54) is 0 Å². The van der Waals surface area contributed by atoms with Crippen molar-refractivity contribution in [2.75, 3.05) is 13.2 Å². The van der Waals surface area contributed by atoms with Gasteiger partial charge in [-0.2, -0.15) is 0 Å². The lowest BCUT2D eigenvalue weighted by molar-refractivity contribution is -0.153. The minimum Gasteiger partial charge on any atom is -0.457 e. The predicted octanol–water partition coefficient (Wildman–Crippen LogP) is 4.80. The highest BCUT2D eigenvalue weighted by Crippen LogP contribution is 2.02. The molecule has 0 aromatic rings. The second kappa shape index (κ2) is 20.4. The monoisotopic (exact) mass is 376 g/mol. The first kappa shape index (κ1) is 25.1. The number of hydrogen-bond acceptors (Lipinski definition) is 4. The van der Waals surface area contributed by atoms with Gasteiger partial charge in [0.05, 0.1) is 13.2 Å². The summed E-state index contributed by atoms with van der Waals surface area (Å²) in [5.41, 5.74) is 0. The van der Waals surface area contributed by atoms with E-state index in [2.05, 4.69) is 67.7 Å². The van der Waals surface area contributed by atoms with Crippen LogP contribution in [0, 0.1) is 0 Å². The quantitative estimate of drug-likeness (QED) is 0.231. The molecule has 0 heterocycles. The van der Waals surface area contributed by atoms with Gasteiger partial charge in [-0.3, -0.25) is 4.79 Å². The van der Waals surface area contributed by atoms with Crippen LogP contribution in [-0.4, -0.2) is 35.5 Å². The molecule has 0 aliphatic carbocycles. The molecule has 0 bridgehead atoms. The molecule has 27 heavy (non-hydrogen) atoms. The van der Waals surface area contributed by atoms with E-state index < -0.39 is 6.10 Å². The fourth-order valence-corrected chi connectivity index (χ4v) is 2.11. The maximum Gasteiger partial charge on any atom is 0.306 e. The van der Waals surface area contributed by atoms with E-state index in [4.69, 9.17) is 14.9 Å². The Bertz CT molecular complexity index is 483. The van der Waals surface area contributed by atoms with Gasteiger partial charge in [0.1, 0.15) is 6.10 Å². The molecule has 0 saturated heterocycles. The van der Waals surface area contributed by atoms with Crippen LogP contribution in [0.15, 0.2) is 60.8 Å². The maximum atomic E-state index is 11.4. The lowest BCUT2D eigenvalue weighted by Gasteiger charge is -2.11. The summed E-state index contributed by atoms with van der Waals surface area (Å²) in [5.74, 6) is -0.379. The van der Waals surface area contributed by atoms with Crippen LogP contribution in [0.4, 0.5) is 0 Å². The van der Waals surface area contributed by atoms with Crippen LogP contribution in [0.5, 0.6) is 0 Å². The normalized spacial score (nSPS) is 12.7. The largest absolute Gasteiger partial charge is 0.457 e. The number of ether oxygens (including phenoxy) is 1. The van der Waals surface area contributed by atoms with E-state index in [1.54, 1.807) is 0 Å². The van der Waals surface area contributed by atoms with E-state index in [9.17, 15) is 4.79 Å². The molecule has 0 aliphatic rings. The third-order valence-corrected chi connectivity index (χ3v) is 3.61. The highest BCUT2D eigenvalue weighted by Gasteiger charge is 2.11. The Morgan fingerprint density at radius 3 is 1.67 bits per heavy atom. The Morgan fingerprint density at radius 2 is 1.22 bits per heavy atom. The number of rotatable bonds is 16. The van der Waals surface area contributed by atoms with Gasteiger partial charge in [-0.05, 0) is 44.9 Å². The zero-order valence-corrected chi connectivity index (χ0v) is 16.6. The second-order valence-electron chi connectivity index (χ2n) is 6.08. The maximum absolute atomic E-state index is 11.4. The molecule has 0 fully saturated rings. The molecular weight excluding hydrogens is 340 g/mol. The summed E-state index contributed by atoms with van der Waals surface area (Å²) in [6.45, 7) is 1.44. The average molecular weight is 377 g/mol. The summed E-state index contributed by atoms with van der Waals surface area (Å²) in [6.07, 6.45) is 27.4. The van der Waals surface area contributed by atoms with Crippen LogP contribution in [0.2, 0.25) is 0 Å². The Morgan fingerprint density at radius 1 is 0.778 bits per heavy atom. The Balaban J connectivity index is 3.58. The number of hydrogen-bond donors (Lipinski definition) is 2. The van der Waals surface area contributed by atoms with Gasteiger partial charge in [0.25, 0.3) is 0 Å². The van der Waals surface area contributed by atoms with Crippen molar-refractivity contribution in [1.82, 2.24) is 0 Å². The van der Waals surface area contributed by atoms with Gasteiger partial charge < -0.3 is 14.9 Å². The van der Waals surface area contributed by atoms with E-state index in [0.717, 1.165) is 38.5 Å². The minimum absolute atomic E-state index is 0.296. The first-order chi connectivity index (χ1) is 13.2. The van der Waals surface area contributed by atoms with Crippen molar-refractivity contribution in [2.45, 2.75) is 64.4 Å². The Kier molecular flexibility index (Phi) is 19.0. The van der Waals surface area contributed by atoms with Gasteiger partial charge in [0, 0.05) is 6.42 Å². The molecule has 4 nitrogen and oxygen atoms in total. The SMILES string of the molecule is CCC=CCC=CCC=CCC=CCC=CCCCC(=O)OC(CO)CO. The molecule has 0 rings (SSSR count). The van der Waals surface area contributed by atoms with E-state index in [1.807, 2.05) is 0 Å². The van der Waals surface area contributed by atoms with E-state index in [-0.39, 0.29) is 19.2 Å². The molecule has 2 N–H and O–H groups in total. The van der Waals surface area contributed by atoms with Crippen LogP contribution < -0.4 is 0 Å². The highest BCUT2D eigenvalue weighted by atomic mass is 16.6. The molecule has 0 atom stereocenters. The van der Waals surface area contributed by atoms with Crippen molar-refractivity contribution < 1.29 is 19.7 Å². The third kappa shape index (κ3) is 18.7. The van der Waals surface area contributed by atoms with E-state index >= 15 is 0 Å². The number of aliphatic hydroxyl groups is 2. The van der Waals surface area contributed by atoms with Crippen molar-refractivity contribution in [3.8, 4) is 0 Å². The van der Waals surface area contributed by atoms with Gasteiger partial charge in [-0.1, -0.05) is 67.7 Å². The molecule has 0 radical (unpaired) electrons. The van der Waals surface area contributed by atoms with Crippen LogP contribution >= 0.6 is 0 Å². The summed E-state index contributed by atoms with van der Waals surface area (Å²) >= 11 is 0. The first-order valence-corrected chi connectivity index (χ1v) is 9.90. The molecule has 4 heteroatoms. The summed E-state index contributed by atoms with van der Waals surface area (Å²) < 4.78 is 4.89. The van der Waals surface area contributed by atoms with Crippen molar-refractivity contribution >= 4 is 5.97 Å². The number of aliphatic hydroxyl groups excluding tert-OH is 2. The summed E-state index contributed by atoms with van der Waals surface area (Å²) in [7, 11) is 0. The van der Waals surface area contributed by atoms with Crippen molar-refractivity contribution in [2.24, 2.45) is 0 Å². The summed E-state index contributed by atoms with van der Waals surface area (Å²) in [4.78, 5) is 11.4. The van der Waals surface area contributed by atoms with Crippen molar-refractivity contribution in [3.05, 3.63) is 60.8 Å². The molecule has 0 spiro atoms. The fraction of sp³-hybridized carbons (Fsp3) is 0.522. The highest BCUT2D eigenvalue weighted by molar-refractivity contribution is 5.69. The topological polar surface area (TPSA) is 66.8 Å². The van der Waals surface area contributed by atoms with Crippen LogP contribution in [-0.2, 0) is 9.53 Å². The average Bonchev–Trinajstić information content (AvgIpc) is 2.68. The molecule has 0 saturated carbocycles. The zero-order chi connectivity index (χ0) is 20.0. The molecule has 0 unspecified atom stereocenters. The molecular formula is C23H36O4. The molecule has 0 aromatic carbocycles. The number of carbonyl (C=O) groups is 1. The summed E-state index contributed by atoms with van der Waals surface area (Å²) in [6, 6.07) is 0. The van der Waals surface area contributed by atoms with Gasteiger partial charge in [-0.15, -0.1) is 0 Å². The Hall–Kier alpha value is -1.91. The van der Waals surface area contributed by atoms with Crippen molar-refractivity contribution in [1.29, 1.82) is 0 Å².